The summed E-state index contributed by atoms with van der Waals surface area (Å²) in [6.45, 7) is 3.59. The Kier molecular flexibility index (Phi) is 4.84. The van der Waals surface area contributed by atoms with Gasteiger partial charge in [0.05, 0.1) is 15.8 Å². The van der Waals surface area contributed by atoms with Crippen LogP contribution in [0.15, 0.2) is 24.3 Å². The van der Waals surface area contributed by atoms with Gasteiger partial charge in [-0.25, -0.2) is 0 Å². The molecule has 18 heavy (non-hydrogen) atoms. The van der Waals surface area contributed by atoms with Gasteiger partial charge >= 0.3 is 0 Å². The highest BCUT2D eigenvalue weighted by atomic mass is 79.9. The van der Waals surface area contributed by atoms with Gasteiger partial charge in [-0.1, -0.05) is 28.1 Å². The number of nitro benzene ring substituents is 1. The largest absolute Gasteiger partial charge is 0.338 e. The Morgan fingerprint density at radius 2 is 2.06 bits per heavy atom. The van der Waals surface area contributed by atoms with Crippen molar-refractivity contribution in [3.8, 4) is 0 Å². The third-order valence-corrected chi connectivity index (χ3v) is 3.22. The lowest BCUT2D eigenvalue weighted by Gasteiger charge is -2.26. The summed E-state index contributed by atoms with van der Waals surface area (Å²) in [5.41, 5.74) is 0.778. The number of rotatable bonds is 4. The fourth-order valence-corrected chi connectivity index (χ4v) is 1.92. The maximum atomic E-state index is 11.8. The van der Waals surface area contributed by atoms with E-state index >= 15 is 0 Å². The first-order valence-corrected chi connectivity index (χ1v) is 6.41. The standard InChI is InChI=1S/C12H15BrN2O3/c1-8(13)12(16)14(3)9(2)10-5-4-6-11(7-10)15(17)18/h4-9H,1-3H3. The van der Waals surface area contributed by atoms with E-state index in [0.717, 1.165) is 5.56 Å². The Labute approximate surface area is 114 Å². The van der Waals surface area contributed by atoms with Crippen LogP contribution in [0.1, 0.15) is 25.5 Å². The van der Waals surface area contributed by atoms with Gasteiger partial charge in [-0.3, -0.25) is 14.9 Å². The Morgan fingerprint density at radius 3 is 2.56 bits per heavy atom. The second kappa shape index (κ2) is 5.95. The number of hydrogen-bond acceptors (Lipinski definition) is 3. The van der Waals surface area contributed by atoms with Gasteiger partial charge in [0.2, 0.25) is 5.91 Å². The molecule has 0 aliphatic rings. The van der Waals surface area contributed by atoms with E-state index in [-0.39, 0.29) is 22.5 Å². The second-order valence-corrected chi connectivity index (χ2v) is 5.47. The van der Waals surface area contributed by atoms with Crippen molar-refractivity contribution in [2.75, 3.05) is 7.05 Å². The summed E-state index contributed by atoms with van der Waals surface area (Å²) in [5, 5.41) is 10.7. The predicted molar refractivity (Wildman–Crippen MR) is 72.7 cm³/mol. The molecule has 0 bridgehead atoms. The highest BCUT2D eigenvalue weighted by molar-refractivity contribution is 9.10. The molecule has 2 atom stereocenters. The van der Waals surface area contributed by atoms with Crippen LogP contribution in [-0.4, -0.2) is 27.6 Å². The molecule has 0 saturated heterocycles. The van der Waals surface area contributed by atoms with E-state index in [1.54, 1.807) is 31.0 Å². The summed E-state index contributed by atoms with van der Waals surface area (Å²) < 4.78 is 0. The zero-order chi connectivity index (χ0) is 13.9. The molecular formula is C12H15BrN2O3. The molecule has 0 saturated carbocycles. The van der Waals surface area contributed by atoms with Crippen LogP contribution in [0.4, 0.5) is 5.69 Å². The molecular weight excluding hydrogens is 300 g/mol. The number of benzene rings is 1. The smallest absolute Gasteiger partial charge is 0.269 e. The summed E-state index contributed by atoms with van der Waals surface area (Å²) >= 11 is 3.22. The van der Waals surface area contributed by atoms with Crippen LogP contribution in [0.2, 0.25) is 0 Å². The normalized spacial score (nSPS) is 13.8. The second-order valence-electron chi connectivity index (χ2n) is 4.09. The molecule has 0 N–H and O–H groups in total. The summed E-state index contributed by atoms with van der Waals surface area (Å²) in [4.78, 5) is 23.4. The van der Waals surface area contributed by atoms with Gasteiger partial charge in [0, 0.05) is 19.2 Å². The summed E-state index contributed by atoms with van der Waals surface area (Å²) in [5.74, 6) is -0.0611. The Morgan fingerprint density at radius 1 is 1.44 bits per heavy atom. The molecule has 0 aliphatic carbocycles. The molecule has 0 heterocycles. The van der Waals surface area contributed by atoms with Gasteiger partial charge in [-0.2, -0.15) is 0 Å². The zero-order valence-electron chi connectivity index (χ0n) is 10.5. The molecule has 6 heteroatoms. The molecule has 5 nitrogen and oxygen atoms in total. The number of alkyl halides is 1. The minimum Gasteiger partial charge on any atom is -0.338 e. The first-order chi connectivity index (χ1) is 8.34. The van der Waals surface area contributed by atoms with Crippen molar-refractivity contribution in [2.45, 2.75) is 24.7 Å². The van der Waals surface area contributed by atoms with E-state index in [4.69, 9.17) is 0 Å². The van der Waals surface area contributed by atoms with Crippen molar-refractivity contribution in [1.29, 1.82) is 0 Å². The predicted octanol–water partition coefficient (Wildman–Crippen LogP) is 2.90. The number of hydrogen-bond donors (Lipinski definition) is 0. The van der Waals surface area contributed by atoms with Crippen molar-refractivity contribution >= 4 is 27.5 Å². The van der Waals surface area contributed by atoms with Crippen molar-refractivity contribution in [1.82, 2.24) is 4.90 Å². The molecule has 0 aromatic heterocycles. The van der Waals surface area contributed by atoms with E-state index in [1.165, 1.54) is 12.1 Å². The molecule has 0 radical (unpaired) electrons. The molecule has 98 valence electrons. The quantitative estimate of drug-likeness (QED) is 0.487. The number of non-ortho nitro benzene ring substituents is 1. The Bertz CT molecular complexity index is 462. The monoisotopic (exact) mass is 314 g/mol. The zero-order valence-corrected chi connectivity index (χ0v) is 12.0. The number of nitro groups is 1. The number of carbonyl (C=O) groups excluding carboxylic acids is 1. The average molecular weight is 315 g/mol. The number of nitrogens with zero attached hydrogens (tertiary/aromatic N) is 2. The van der Waals surface area contributed by atoms with E-state index in [0.29, 0.717) is 0 Å². The SMILES string of the molecule is CC(Br)C(=O)N(C)C(C)c1cccc([N+](=O)[O-])c1. The Balaban J connectivity index is 2.96. The Hall–Kier alpha value is -1.43. The van der Waals surface area contributed by atoms with Gasteiger partial charge in [0.25, 0.3) is 5.69 Å². The number of halogens is 1. The van der Waals surface area contributed by atoms with Gasteiger partial charge in [0.15, 0.2) is 0 Å². The maximum absolute atomic E-state index is 11.8. The van der Waals surface area contributed by atoms with E-state index in [2.05, 4.69) is 15.9 Å². The maximum Gasteiger partial charge on any atom is 0.269 e. The van der Waals surface area contributed by atoms with Crippen LogP contribution in [0.3, 0.4) is 0 Å². The van der Waals surface area contributed by atoms with Crippen molar-refractivity contribution in [2.24, 2.45) is 0 Å². The molecule has 1 aromatic rings. The summed E-state index contributed by atoms with van der Waals surface area (Å²) in [6, 6.07) is 6.12. The number of carbonyl (C=O) groups is 1. The topological polar surface area (TPSA) is 63.5 Å². The first-order valence-electron chi connectivity index (χ1n) is 5.49. The van der Waals surface area contributed by atoms with Crippen LogP contribution in [0, 0.1) is 10.1 Å². The lowest BCUT2D eigenvalue weighted by Crippen LogP contribution is -2.34. The molecule has 0 fully saturated rings. The fourth-order valence-electron chi connectivity index (χ4n) is 1.59. The fraction of sp³-hybridized carbons (Fsp3) is 0.417. The van der Waals surface area contributed by atoms with Crippen LogP contribution >= 0.6 is 15.9 Å². The van der Waals surface area contributed by atoms with E-state index < -0.39 is 4.92 Å². The average Bonchev–Trinajstić information content (AvgIpc) is 2.36. The minimum absolute atomic E-state index is 0.0343. The van der Waals surface area contributed by atoms with Crippen molar-refractivity contribution in [3.05, 3.63) is 39.9 Å². The van der Waals surface area contributed by atoms with Crippen LogP contribution in [0.5, 0.6) is 0 Å². The lowest BCUT2D eigenvalue weighted by molar-refractivity contribution is -0.384. The first kappa shape index (κ1) is 14.6. The molecule has 0 spiro atoms. The van der Waals surface area contributed by atoms with Gasteiger partial charge in [0.1, 0.15) is 0 Å². The summed E-state index contributed by atoms with van der Waals surface area (Å²) in [6.07, 6.45) is 0. The van der Waals surface area contributed by atoms with Crippen LogP contribution < -0.4 is 0 Å². The lowest BCUT2D eigenvalue weighted by atomic mass is 10.1. The molecule has 1 amide bonds. The summed E-state index contributed by atoms with van der Waals surface area (Å²) in [7, 11) is 1.68. The third-order valence-electron chi connectivity index (χ3n) is 2.83. The van der Waals surface area contributed by atoms with Gasteiger partial charge in [-0.15, -0.1) is 0 Å². The van der Waals surface area contributed by atoms with Crippen molar-refractivity contribution < 1.29 is 9.72 Å². The van der Waals surface area contributed by atoms with E-state index in [1.807, 2.05) is 6.92 Å². The van der Waals surface area contributed by atoms with Crippen LogP contribution in [0.25, 0.3) is 0 Å². The third kappa shape index (κ3) is 3.29. The van der Waals surface area contributed by atoms with Gasteiger partial charge < -0.3 is 4.90 Å². The highest BCUT2D eigenvalue weighted by Gasteiger charge is 2.21. The molecule has 1 rings (SSSR count). The van der Waals surface area contributed by atoms with E-state index in [9.17, 15) is 14.9 Å². The van der Waals surface area contributed by atoms with Crippen molar-refractivity contribution in [3.63, 3.8) is 0 Å². The highest BCUT2D eigenvalue weighted by Crippen LogP contribution is 2.24. The minimum atomic E-state index is -0.439. The molecule has 2 unspecified atom stereocenters. The molecule has 1 aromatic carbocycles. The van der Waals surface area contributed by atoms with Gasteiger partial charge in [-0.05, 0) is 19.4 Å². The van der Waals surface area contributed by atoms with Crippen LogP contribution in [-0.2, 0) is 4.79 Å². The number of amides is 1. The molecule has 0 aliphatic heterocycles.